The van der Waals surface area contributed by atoms with E-state index in [1.54, 1.807) is 0 Å². The van der Waals surface area contributed by atoms with Crippen molar-refractivity contribution in [3.8, 4) is 0 Å². The van der Waals surface area contributed by atoms with Crippen LogP contribution in [0.25, 0.3) is 0 Å². The number of fused-ring (bicyclic) bond motifs is 2. The van der Waals surface area contributed by atoms with Crippen LogP contribution in [0.4, 0.5) is 0 Å². The zero-order valence-corrected chi connectivity index (χ0v) is 10.5. The number of hydrogen-bond acceptors (Lipinski definition) is 3. The van der Waals surface area contributed by atoms with Crippen molar-refractivity contribution in [2.75, 3.05) is 13.2 Å². The molecule has 2 aliphatic rings. The van der Waals surface area contributed by atoms with Crippen molar-refractivity contribution in [1.29, 1.82) is 0 Å². The van der Waals surface area contributed by atoms with Crippen LogP contribution in [0.3, 0.4) is 0 Å². The summed E-state index contributed by atoms with van der Waals surface area (Å²) < 4.78 is 11.4. The van der Waals surface area contributed by atoms with Crippen LogP contribution in [-0.4, -0.2) is 30.5 Å². The van der Waals surface area contributed by atoms with E-state index in [2.05, 4.69) is 12.1 Å². The van der Waals surface area contributed by atoms with Gasteiger partial charge in [-0.05, 0) is 30.2 Å². The molecular weight excluding hydrogens is 228 g/mol. The molecule has 0 radical (unpaired) electrons. The summed E-state index contributed by atoms with van der Waals surface area (Å²) in [6, 6.07) is 10.2. The summed E-state index contributed by atoms with van der Waals surface area (Å²) in [5.74, 6) is 1.02. The van der Waals surface area contributed by atoms with Crippen LogP contribution in [0.15, 0.2) is 30.3 Å². The van der Waals surface area contributed by atoms with Gasteiger partial charge in [-0.15, -0.1) is 0 Å². The van der Waals surface area contributed by atoms with Crippen molar-refractivity contribution >= 4 is 0 Å². The summed E-state index contributed by atoms with van der Waals surface area (Å²) >= 11 is 0. The van der Waals surface area contributed by atoms with Crippen molar-refractivity contribution in [3.05, 3.63) is 35.9 Å². The van der Waals surface area contributed by atoms with Crippen LogP contribution in [0.5, 0.6) is 0 Å². The monoisotopic (exact) mass is 248 g/mol. The van der Waals surface area contributed by atoms with Crippen LogP contribution in [0.2, 0.25) is 0 Å². The number of hydrogen-bond donors (Lipinski definition) is 1. The fourth-order valence-corrected chi connectivity index (χ4v) is 3.04. The first-order valence-electron chi connectivity index (χ1n) is 6.74. The second-order valence-corrected chi connectivity index (χ2v) is 5.43. The van der Waals surface area contributed by atoms with Gasteiger partial charge in [0, 0.05) is 0 Å². The lowest BCUT2D eigenvalue weighted by molar-refractivity contribution is -0.0224. The third-order valence-electron chi connectivity index (χ3n) is 4.14. The topological polar surface area (TPSA) is 38.7 Å². The van der Waals surface area contributed by atoms with Gasteiger partial charge < -0.3 is 14.6 Å². The Morgan fingerprint density at radius 3 is 2.89 bits per heavy atom. The van der Waals surface area contributed by atoms with Crippen molar-refractivity contribution in [1.82, 2.24) is 0 Å². The molecule has 1 N–H and O–H groups in total. The van der Waals surface area contributed by atoms with E-state index in [1.807, 2.05) is 18.2 Å². The Kier molecular flexibility index (Phi) is 3.64. The van der Waals surface area contributed by atoms with E-state index in [-0.39, 0.29) is 12.2 Å². The average molecular weight is 248 g/mol. The Morgan fingerprint density at radius 1 is 1.22 bits per heavy atom. The van der Waals surface area contributed by atoms with Crippen LogP contribution in [0, 0.1) is 11.8 Å². The minimum Gasteiger partial charge on any atom is -0.390 e. The third-order valence-corrected chi connectivity index (χ3v) is 4.14. The van der Waals surface area contributed by atoms with Gasteiger partial charge in [-0.1, -0.05) is 30.3 Å². The summed E-state index contributed by atoms with van der Waals surface area (Å²) in [6.07, 6.45) is 1.61. The number of rotatable bonds is 4. The van der Waals surface area contributed by atoms with E-state index in [0.717, 1.165) is 26.1 Å². The summed E-state index contributed by atoms with van der Waals surface area (Å²) in [4.78, 5) is 0. The van der Waals surface area contributed by atoms with Crippen molar-refractivity contribution in [3.63, 3.8) is 0 Å². The van der Waals surface area contributed by atoms with Gasteiger partial charge >= 0.3 is 0 Å². The van der Waals surface area contributed by atoms with Gasteiger partial charge in [-0.2, -0.15) is 0 Å². The second kappa shape index (κ2) is 5.39. The Bertz CT molecular complexity index is 379. The van der Waals surface area contributed by atoms with Gasteiger partial charge in [-0.3, -0.25) is 0 Å². The maximum absolute atomic E-state index is 9.90. The molecule has 0 unspecified atom stereocenters. The minimum absolute atomic E-state index is 0.0837. The van der Waals surface area contributed by atoms with Gasteiger partial charge in [0.1, 0.15) is 0 Å². The smallest absolute Gasteiger partial charge is 0.0837 e. The number of aliphatic hydroxyl groups excluding tert-OH is 1. The molecular formula is C15H20O3. The highest BCUT2D eigenvalue weighted by molar-refractivity contribution is 5.13. The lowest BCUT2D eigenvalue weighted by Crippen LogP contribution is -2.35. The molecule has 98 valence electrons. The molecule has 0 aromatic heterocycles. The fraction of sp³-hybridized carbons (Fsp3) is 0.600. The highest BCUT2D eigenvalue weighted by Crippen LogP contribution is 2.37. The Morgan fingerprint density at radius 2 is 2.06 bits per heavy atom. The highest BCUT2D eigenvalue weighted by Gasteiger charge is 2.41. The molecule has 1 saturated carbocycles. The molecule has 3 rings (SSSR count). The minimum atomic E-state index is -0.297. The highest BCUT2D eigenvalue weighted by atomic mass is 16.5. The zero-order valence-electron chi connectivity index (χ0n) is 10.5. The van der Waals surface area contributed by atoms with Gasteiger partial charge in [0.2, 0.25) is 0 Å². The fourth-order valence-electron chi connectivity index (χ4n) is 3.04. The molecule has 1 heterocycles. The second-order valence-electron chi connectivity index (χ2n) is 5.43. The first-order valence-corrected chi connectivity index (χ1v) is 6.74. The van der Waals surface area contributed by atoms with Crippen LogP contribution in [0.1, 0.15) is 18.4 Å². The molecule has 0 spiro atoms. The molecule has 2 bridgehead atoms. The Balaban J connectivity index is 1.48. The largest absolute Gasteiger partial charge is 0.390 e. The summed E-state index contributed by atoms with van der Waals surface area (Å²) in [6.45, 7) is 2.18. The van der Waals surface area contributed by atoms with Crippen LogP contribution < -0.4 is 0 Å². The predicted molar refractivity (Wildman–Crippen MR) is 68.1 cm³/mol. The van der Waals surface area contributed by atoms with Gasteiger partial charge in [-0.25, -0.2) is 0 Å². The first-order chi connectivity index (χ1) is 8.83. The normalized spacial score (nSPS) is 34.7. The van der Waals surface area contributed by atoms with Crippen molar-refractivity contribution in [2.24, 2.45) is 11.8 Å². The first kappa shape index (κ1) is 12.2. The average Bonchev–Trinajstić information content (AvgIpc) is 2.83. The van der Waals surface area contributed by atoms with E-state index < -0.39 is 0 Å². The van der Waals surface area contributed by atoms with Crippen molar-refractivity contribution < 1.29 is 14.6 Å². The van der Waals surface area contributed by atoms with E-state index in [9.17, 15) is 5.11 Å². The summed E-state index contributed by atoms with van der Waals surface area (Å²) in [5, 5.41) is 9.90. The number of aliphatic hydroxyl groups is 1. The molecule has 1 aliphatic heterocycles. The molecule has 1 aliphatic carbocycles. The molecule has 3 nitrogen and oxygen atoms in total. The van der Waals surface area contributed by atoms with E-state index >= 15 is 0 Å². The lowest BCUT2D eigenvalue weighted by Gasteiger charge is -2.30. The molecule has 18 heavy (non-hydrogen) atoms. The number of benzene rings is 1. The molecule has 4 atom stereocenters. The molecule has 1 aromatic carbocycles. The Labute approximate surface area is 108 Å². The quantitative estimate of drug-likeness (QED) is 0.885. The maximum atomic E-state index is 9.90. The maximum Gasteiger partial charge on any atom is 0.0837 e. The SMILES string of the molecule is O[C@H]1C[C@H](COCc2ccccc2)[C@@H]2CO[C@H]1C2. The Hall–Kier alpha value is -0.900. The van der Waals surface area contributed by atoms with Gasteiger partial charge in [0.15, 0.2) is 0 Å². The molecule has 1 aromatic rings. The summed E-state index contributed by atoms with van der Waals surface area (Å²) in [5.41, 5.74) is 1.20. The summed E-state index contributed by atoms with van der Waals surface area (Å²) in [7, 11) is 0. The third kappa shape index (κ3) is 2.58. The van der Waals surface area contributed by atoms with Crippen LogP contribution in [-0.2, 0) is 16.1 Å². The van der Waals surface area contributed by atoms with Gasteiger partial charge in [0.25, 0.3) is 0 Å². The van der Waals surface area contributed by atoms with Crippen LogP contribution >= 0.6 is 0 Å². The molecule has 0 amide bonds. The van der Waals surface area contributed by atoms with E-state index in [1.165, 1.54) is 5.56 Å². The van der Waals surface area contributed by atoms with Crippen molar-refractivity contribution in [2.45, 2.75) is 31.7 Å². The van der Waals surface area contributed by atoms with E-state index in [4.69, 9.17) is 9.47 Å². The molecule has 2 fully saturated rings. The van der Waals surface area contributed by atoms with E-state index in [0.29, 0.717) is 18.4 Å². The standard InChI is InChI=1S/C15H20O3/c16-14-6-12(13-7-15(14)18-10-13)9-17-8-11-4-2-1-3-5-11/h1-5,12-16H,6-10H2/t12-,13+,14+,15+/m1/s1. The number of ether oxygens (including phenoxy) is 2. The van der Waals surface area contributed by atoms with Gasteiger partial charge in [0.05, 0.1) is 32.0 Å². The predicted octanol–water partition coefficient (Wildman–Crippen LogP) is 1.99. The molecule has 1 saturated heterocycles. The zero-order chi connectivity index (χ0) is 12.4. The lowest BCUT2D eigenvalue weighted by atomic mass is 9.79. The molecule has 3 heteroatoms.